The number of hydrogen-bond acceptors (Lipinski definition) is 6. The highest BCUT2D eigenvalue weighted by molar-refractivity contribution is 14.1. The number of nitrogens with zero attached hydrogens (tertiary/aromatic N) is 2. The standard InChI is InChI=1S/C33H26I2N2O6/c1-43-26-14-20(38)10-11-22(26)27-21-12-13-23-28(32(41)36(30(23)39)18-6-2-16(34)3-7-18)24(21)15-25-29(27)33(42)37(31(25)40)19-8-4-17(35)5-9-19/h2-12,14,23-25,27-29,38H,13,15H2,1H3/t23-,24+,25+,27+,28-,29+/m0/s1. The summed E-state index contributed by atoms with van der Waals surface area (Å²) in [6.07, 6.45) is 2.66. The summed E-state index contributed by atoms with van der Waals surface area (Å²) in [4.78, 5) is 58.7. The molecule has 0 spiro atoms. The van der Waals surface area contributed by atoms with Gasteiger partial charge in [0.25, 0.3) is 0 Å². The summed E-state index contributed by atoms with van der Waals surface area (Å²) in [6, 6.07) is 19.3. The van der Waals surface area contributed by atoms with E-state index in [0.717, 1.165) is 12.7 Å². The van der Waals surface area contributed by atoms with Crippen LogP contribution >= 0.6 is 45.2 Å². The number of amides is 4. The summed E-state index contributed by atoms with van der Waals surface area (Å²) in [5.74, 6) is -4.27. The lowest BCUT2D eigenvalue weighted by molar-refractivity contribution is -0.126. The first-order chi connectivity index (χ1) is 20.7. The van der Waals surface area contributed by atoms with Crippen molar-refractivity contribution in [3.05, 3.63) is 91.1 Å². The zero-order valence-electron chi connectivity index (χ0n) is 22.9. The maximum atomic E-state index is 14.2. The highest BCUT2D eigenvalue weighted by atomic mass is 127. The minimum absolute atomic E-state index is 0.0151. The van der Waals surface area contributed by atoms with Gasteiger partial charge in [-0.05, 0) is 119 Å². The average Bonchev–Trinajstić information content (AvgIpc) is 3.41. The number of phenols is 1. The number of imide groups is 2. The second kappa shape index (κ2) is 10.7. The lowest BCUT2D eigenvalue weighted by atomic mass is 9.57. The quantitative estimate of drug-likeness (QED) is 0.208. The van der Waals surface area contributed by atoms with Gasteiger partial charge in [0.2, 0.25) is 23.6 Å². The number of methoxy groups -OCH3 is 1. The number of halogens is 2. The molecular formula is C33H26I2N2O6. The fraction of sp³-hybridized carbons (Fsp3) is 0.273. The van der Waals surface area contributed by atoms with Gasteiger partial charge >= 0.3 is 0 Å². The molecule has 10 heteroatoms. The Morgan fingerprint density at radius 1 is 0.721 bits per heavy atom. The van der Waals surface area contributed by atoms with E-state index in [4.69, 9.17) is 4.74 Å². The number of ether oxygens (including phenoxy) is 1. The van der Waals surface area contributed by atoms with Crippen molar-refractivity contribution in [1.82, 2.24) is 0 Å². The second-order valence-electron chi connectivity index (χ2n) is 11.4. The molecule has 7 rings (SSSR count). The molecule has 3 aromatic rings. The van der Waals surface area contributed by atoms with E-state index in [1.54, 1.807) is 36.4 Å². The van der Waals surface area contributed by atoms with E-state index in [1.807, 2.05) is 30.3 Å². The smallest absolute Gasteiger partial charge is 0.238 e. The fourth-order valence-corrected chi connectivity index (χ4v) is 8.30. The van der Waals surface area contributed by atoms with Crippen LogP contribution in [0.5, 0.6) is 11.5 Å². The molecule has 1 saturated carbocycles. The fourth-order valence-electron chi connectivity index (χ4n) is 7.58. The van der Waals surface area contributed by atoms with Crippen molar-refractivity contribution in [2.24, 2.45) is 29.6 Å². The Hall–Kier alpha value is -3.26. The monoisotopic (exact) mass is 800 g/mol. The molecule has 218 valence electrons. The molecular weight excluding hydrogens is 774 g/mol. The normalized spacial score (nSPS) is 28.0. The van der Waals surface area contributed by atoms with Crippen molar-refractivity contribution >= 4 is 80.2 Å². The van der Waals surface area contributed by atoms with E-state index in [-0.39, 0.29) is 29.4 Å². The molecule has 0 radical (unpaired) electrons. The Bertz CT molecular complexity index is 1720. The highest BCUT2D eigenvalue weighted by Crippen LogP contribution is 2.59. The summed E-state index contributed by atoms with van der Waals surface area (Å²) >= 11 is 4.36. The van der Waals surface area contributed by atoms with Gasteiger partial charge in [0.15, 0.2) is 0 Å². The summed E-state index contributed by atoms with van der Waals surface area (Å²) in [5, 5.41) is 10.2. The molecule has 3 fully saturated rings. The van der Waals surface area contributed by atoms with Crippen LogP contribution < -0.4 is 14.5 Å². The minimum Gasteiger partial charge on any atom is -0.508 e. The van der Waals surface area contributed by atoms with Gasteiger partial charge in [-0.1, -0.05) is 17.7 Å². The number of phenolic OH excluding ortho intramolecular Hbond substituents is 1. The molecule has 4 aliphatic rings. The van der Waals surface area contributed by atoms with Crippen LogP contribution in [0.4, 0.5) is 11.4 Å². The van der Waals surface area contributed by atoms with Crippen molar-refractivity contribution in [3.8, 4) is 11.5 Å². The molecule has 1 N–H and O–H groups in total. The number of carbonyl (C=O) groups is 4. The van der Waals surface area contributed by atoms with E-state index in [9.17, 15) is 24.3 Å². The first kappa shape index (κ1) is 28.5. The first-order valence-corrected chi connectivity index (χ1v) is 16.2. The number of benzene rings is 3. The van der Waals surface area contributed by atoms with Gasteiger partial charge in [-0.3, -0.25) is 29.0 Å². The topological polar surface area (TPSA) is 104 Å². The predicted molar refractivity (Wildman–Crippen MR) is 175 cm³/mol. The third-order valence-corrected chi connectivity index (χ3v) is 10.8. The summed E-state index contributed by atoms with van der Waals surface area (Å²) in [7, 11) is 1.50. The van der Waals surface area contributed by atoms with Crippen LogP contribution in [0.15, 0.2) is 78.4 Å². The Kier molecular flexibility index (Phi) is 7.11. The molecule has 6 atom stereocenters. The Morgan fingerprint density at radius 3 is 1.86 bits per heavy atom. The summed E-state index contributed by atoms with van der Waals surface area (Å²) in [5.41, 5.74) is 2.59. The lowest BCUT2D eigenvalue weighted by Crippen LogP contribution is -2.43. The maximum absolute atomic E-state index is 14.2. The van der Waals surface area contributed by atoms with Crippen molar-refractivity contribution in [2.75, 3.05) is 16.9 Å². The summed E-state index contributed by atoms with van der Waals surface area (Å²) < 4.78 is 7.65. The number of anilines is 2. The number of aromatic hydroxyl groups is 1. The van der Waals surface area contributed by atoms with Crippen LogP contribution in [-0.2, 0) is 19.2 Å². The van der Waals surface area contributed by atoms with E-state index in [2.05, 4.69) is 45.2 Å². The van der Waals surface area contributed by atoms with Crippen molar-refractivity contribution in [1.29, 1.82) is 0 Å². The largest absolute Gasteiger partial charge is 0.508 e. The van der Waals surface area contributed by atoms with Crippen LogP contribution in [-0.4, -0.2) is 35.8 Å². The Labute approximate surface area is 275 Å². The molecule has 2 saturated heterocycles. The lowest BCUT2D eigenvalue weighted by Gasteiger charge is -2.44. The van der Waals surface area contributed by atoms with Crippen LogP contribution in [0.2, 0.25) is 0 Å². The van der Waals surface area contributed by atoms with Gasteiger partial charge in [-0.25, -0.2) is 0 Å². The Balaban J connectivity index is 1.35. The van der Waals surface area contributed by atoms with Crippen LogP contribution in [0.25, 0.3) is 0 Å². The molecule has 0 bridgehead atoms. The third kappa shape index (κ3) is 4.42. The van der Waals surface area contributed by atoms with E-state index in [1.165, 1.54) is 23.0 Å². The van der Waals surface area contributed by atoms with Gasteiger partial charge in [-0.2, -0.15) is 0 Å². The molecule has 2 aliphatic heterocycles. The molecule has 3 aromatic carbocycles. The zero-order chi connectivity index (χ0) is 30.2. The Morgan fingerprint density at radius 2 is 1.28 bits per heavy atom. The van der Waals surface area contributed by atoms with Crippen LogP contribution in [0.1, 0.15) is 24.3 Å². The van der Waals surface area contributed by atoms with Gasteiger partial charge in [0, 0.05) is 24.7 Å². The number of rotatable bonds is 4. The molecule has 2 heterocycles. The average molecular weight is 800 g/mol. The maximum Gasteiger partial charge on any atom is 0.238 e. The SMILES string of the molecule is COc1cc(O)ccc1[C@H]1C2=CC[C@@H]3C(=O)N(c4ccc(I)cc4)C(=O)[C@@H]3[C@@H]2C[C@H]2C(=O)N(c3ccc(I)cc3)C(=O)[C@@H]12. The van der Waals surface area contributed by atoms with E-state index >= 15 is 0 Å². The summed E-state index contributed by atoms with van der Waals surface area (Å²) in [6.45, 7) is 0. The molecule has 2 aliphatic carbocycles. The van der Waals surface area contributed by atoms with Crippen LogP contribution in [0, 0.1) is 36.7 Å². The number of carbonyl (C=O) groups excluding carboxylic acids is 4. The molecule has 0 aromatic heterocycles. The molecule has 43 heavy (non-hydrogen) atoms. The van der Waals surface area contributed by atoms with Gasteiger partial charge in [0.05, 0.1) is 42.2 Å². The number of fused-ring (bicyclic) bond motifs is 4. The number of hydrogen-bond donors (Lipinski definition) is 1. The first-order valence-electron chi connectivity index (χ1n) is 14.0. The van der Waals surface area contributed by atoms with Gasteiger partial charge in [-0.15, -0.1) is 0 Å². The highest BCUT2D eigenvalue weighted by Gasteiger charge is 2.62. The molecule has 0 unspecified atom stereocenters. The second-order valence-corrected chi connectivity index (χ2v) is 13.9. The van der Waals surface area contributed by atoms with Gasteiger partial charge in [0.1, 0.15) is 11.5 Å². The molecule has 4 amide bonds. The zero-order valence-corrected chi connectivity index (χ0v) is 27.3. The van der Waals surface area contributed by atoms with Crippen molar-refractivity contribution < 1.29 is 29.0 Å². The van der Waals surface area contributed by atoms with E-state index in [0.29, 0.717) is 35.5 Å². The van der Waals surface area contributed by atoms with Gasteiger partial charge < -0.3 is 9.84 Å². The third-order valence-electron chi connectivity index (χ3n) is 9.37. The van der Waals surface area contributed by atoms with Crippen molar-refractivity contribution in [3.63, 3.8) is 0 Å². The minimum atomic E-state index is -0.719. The van der Waals surface area contributed by atoms with E-state index < -0.39 is 35.5 Å². The number of allylic oxidation sites excluding steroid dienone is 2. The molecule has 8 nitrogen and oxygen atoms in total. The predicted octanol–water partition coefficient (Wildman–Crippen LogP) is 5.66. The van der Waals surface area contributed by atoms with Crippen LogP contribution in [0.3, 0.4) is 0 Å². The van der Waals surface area contributed by atoms with Crippen molar-refractivity contribution in [2.45, 2.75) is 18.8 Å².